The standard InChI is InChI=1S/C22H17BrN2O5/c1-12-10-17(24-30-12)25-19(14-4-3-5-15(23)11-14)18(21(27)22(25)28)20(26)13-6-8-16(29-2)9-7-13/h3-11,19,26H,1-2H3/t19-/m1/s1. The number of aliphatic hydroxyl groups excluding tert-OH is 1. The summed E-state index contributed by atoms with van der Waals surface area (Å²) in [5, 5.41) is 14.9. The molecule has 1 atom stereocenters. The summed E-state index contributed by atoms with van der Waals surface area (Å²) >= 11 is 3.42. The van der Waals surface area contributed by atoms with Crippen LogP contribution >= 0.6 is 15.9 Å². The van der Waals surface area contributed by atoms with Gasteiger partial charge in [-0.1, -0.05) is 33.2 Å². The molecule has 0 aliphatic carbocycles. The Hall–Kier alpha value is -3.39. The highest BCUT2D eigenvalue weighted by Gasteiger charge is 2.48. The second kappa shape index (κ2) is 7.79. The van der Waals surface area contributed by atoms with Gasteiger partial charge in [0.15, 0.2) is 5.82 Å². The quantitative estimate of drug-likeness (QED) is 0.347. The minimum Gasteiger partial charge on any atom is -0.507 e. The molecular weight excluding hydrogens is 452 g/mol. The minimum atomic E-state index is -0.867. The first-order chi connectivity index (χ1) is 14.4. The number of benzene rings is 2. The zero-order chi connectivity index (χ0) is 21.4. The minimum absolute atomic E-state index is 0.0241. The molecule has 0 bridgehead atoms. The van der Waals surface area contributed by atoms with Crippen LogP contribution in [0.1, 0.15) is 22.9 Å². The lowest BCUT2D eigenvalue weighted by molar-refractivity contribution is -0.132. The second-order valence-electron chi connectivity index (χ2n) is 6.75. The van der Waals surface area contributed by atoms with Crippen LogP contribution in [0.2, 0.25) is 0 Å². The molecule has 152 valence electrons. The molecule has 30 heavy (non-hydrogen) atoms. The van der Waals surface area contributed by atoms with Crippen LogP contribution in [0.5, 0.6) is 5.75 Å². The molecule has 1 aliphatic heterocycles. The summed E-state index contributed by atoms with van der Waals surface area (Å²) in [5.74, 6) is -0.557. The largest absolute Gasteiger partial charge is 0.507 e. The third kappa shape index (κ3) is 3.39. The number of hydrogen-bond donors (Lipinski definition) is 1. The van der Waals surface area contributed by atoms with Crippen LogP contribution in [0.25, 0.3) is 5.76 Å². The fraction of sp³-hybridized carbons (Fsp3) is 0.136. The fourth-order valence-corrected chi connectivity index (χ4v) is 3.85. The summed E-state index contributed by atoms with van der Waals surface area (Å²) in [6.45, 7) is 1.69. The molecule has 1 aliphatic rings. The van der Waals surface area contributed by atoms with Crippen molar-refractivity contribution < 1.29 is 24.0 Å². The average Bonchev–Trinajstić information content (AvgIpc) is 3.28. The molecule has 1 fully saturated rings. The molecular formula is C22H17BrN2O5. The molecule has 4 rings (SSSR count). The van der Waals surface area contributed by atoms with Gasteiger partial charge >= 0.3 is 5.91 Å². The molecule has 0 unspecified atom stereocenters. The van der Waals surface area contributed by atoms with Gasteiger partial charge in [0.05, 0.1) is 18.7 Å². The van der Waals surface area contributed by atoms with Crippen molar-refractivity contribution in [3.05, 3.63) is 81.5 Å². The van der Waals surface area contributed by atoms with Gasteiger partial charge in [-0.05, 0) is 48.9 Å². The lowest BCUT2D eigenvalue weighted by atomic mass is 9.95. The molecule has 2 heterocycles. The summed E-state index contributed by atoms with van der Waals surface area (Å²) in [5.41, 5.74) is 1.01. The van der Waals surface area contributed by atoms with Crippen LogP contribution in [0.3, 0.4) is 0 Å². The maximum atomic E-state index is 13.0. The molecule has 0 saturated carbocycles. The second-order valence-corrected chi connectivity index (χ2v) is 7.66. The van der Waals surface area contributed by atoms with Gasteiger partial charge in [-0.3, -0.25) is 14.5 Å². The number of rotatable bonds is 4. The molecule has 1 aromatic heterocycles. The summed E-state index contributed by atoms with van der Waals surface area (Å²) in [6.07, 6.45) is 0. The maximum Gasteiger partial charge on any atom is 0.301 e. The highest BCUT2D eigenvalue weighted by atomic mass is 79.9. The first-order valence-corrected chi connectivity index (χ1v) is 9.84. The van der Waals surface area contributed by atoms with Gasteiger partial charge in [0.1, 0.15) is 17.3 Å². The number of aliphatic hydroxyl groups is 1. The van der Waals surface area contributed by atoms with Gasteiger partial charge < -0.3 is 14.4 Å². The number of methoxy groups -OCH3 is 1. The summed E-state index contributed by atoms with van der Waals surface area (Å²) in [6, 6.07) is 14.5. The molecule has 1 amide bonds. The zero-order valence-corrected chi connectivity index (χ0v) is 17.7. The number of hydrogen-bond acceptors (Lipinski definition) is 6. The van der Waals surface area contributed by atoms with Crippen LogP contribution in [0.15, 0.2) is 69.2 Å². The number of aryl methyl sites for hydroxylation is 1. The van der Waals surface area contributed by atoms with E-state index < -0.39 is 17.7 Å². The Morgan fingerprint density at radius 2 is 1.90 bits per heavy atom. The highest BCUT2D eigenvalue weighted by Crippen LogP contribution is 2.42. The normalized spacial score (nSPS) is 18.1. The van der Waals surface area contributed by atoms with E-state index in [9.17, 15) is 14.7 Å². The third-order valence-electron chi connectivity index (χ3n) is 4.83. The van der Waals surface area contributed by atoms with E-state index in [0.29, 0.717) is 22.6 Å². The molecule has 7 nitrogen and oxygen atoms in total. The smallest absolute Gasteiger partial charge is 0.301 e. The van der Waals surface area contributed by atoms with E-state index in [0.717, 1.165) is 4.47 Å². The molecule has 2 aromatic carbocycles. The van der Waals surface area contributed by atoms with Crippen molar-refractivity contribution in [3.8, 4) is 5.75 Å². The zero-order valence-electron chi connectivity index (χ0n) is 16.1. The maximum absolute atomic E-state index is 13.0. The van der Waals surface area contributed by atoms with Gasteiger partial charge in [0.25, 0.3) is 5.78 Å². The van der Waals surface area contributed by atoms with Gasteiger partial charge in [0, 0.05) is 16.1 Å². The van der Waals surface area contributed by atoms with Crippen LogP contribution in [-0.2, 0) is 9.59 Å². The molecule has 1 saturated heterocycles. The number of carbonyl (C=O) groups excluding carboxylic acids is 2. The van der Waals surface area contributed by atoms with Crippen LogP contribution in [0, 0.1) is 6.92 Å². The molecule has 8 heteroatoms. The van der Waals surface area contributed by atoms with E-state index in [1.807, 2.05) is 6.07 Å². The van der Waals surface area contributed by atoms with Crippen LogP contribution < -0.4 is 9.64 Å². The van der Waals surface area contributed by atoms with E-state index in [1.54, 1.807) is 55.5 Å². The SMILES string of the molecule is COc1ccc(C(O)=C2C(=O)C(=O)N(c3cc(C)on3)[C@@H]2c2cccc(Br)c2)cc1. The first-order valence-electron chi connectivity index (χ1n) is 9.05. The monoisotopic (exact) mass is 468 g/mol. The van der Waals surface area contributed by atoms with Crippen molar-refractivity contribution in [1.82, 2.24) is 5.16 Å². The topological polar surface area (TPSA) is 92.9 Å². The number of ketones is 1. The van der Waals surface area contributed by atoms with Gasteiger partial charge in [-0.15, -0.1) is 0 Å². The van der Waals surface area contributed by atoms with Crippen LogP contribution in [-0.4, -0.2) is 29.1 Å². The number of amides is 1. The Balaban J connectivity index is 1.92. The Labute approximate surface area is 180 Å². The summed E-state index contributed by atoms with van der Waals surface area (Å²) in [7, 11) is 1.54. The number of anilines is 1. The van der Waals surface area contributed by atoms with Crippen molar-refractivity contribution in [2.45, 2.75) is 13.0 Å². The van der Waals surface area contributed by atoms with Crippen molar-refractivity contribution in [3.63, 3.8) is 0 Å². The highest BCUT2D eigenvalue weighted by molar-refractivity contribution is 9.10. The Kier molecular flexibility index (Phi) is 5.17. The molecule has 0 spiro atoms. The van der Waals surface area contributed by atoms with Crippen molar-refractivity contribution in [2.24, 2.45) is 0 Å². The third-order valence-corrected chi connectivity index (χ3v) is 5.33. The molecule has 0 radical (unpaired) electrons. The Bertz CT molecular complexity index is 1170. The van der Waals surface area contributed by atoms with E-state index in [4.69, 9.17) is 9.26 Å². The van der Waals surface area contributed by atoms with E-state index in [2.05, 4.69) is 21.1 Å². The lowest BCUT2D eigenvalue weighted by Gasteiger charge is -2.23. The average molecular weight is 469 g/mol. The van der Waals surface area contributed by atoms with Crippen molar-refractivity contribution in [2.75, 3.05) is 12.0 Å². The van der Waals surface area contributed by atoms with Gasteiger partial charge in [-0.25, -0.2) is 0 Å². The van der Waals surface area contributed by atoms with Crippen molar-refractivity contribution >= 4 is 39.2 Å². The number of ether oxygens (including phenoxy) is 1. The lowest BCUT2D eigenvalue weighted by Crippen LogP contribution is -2.29. The van der Waals surface area contributed by atoms with Crippen molar-refractivity contribution in [1.29, 1.82) is 0 Å². The number of Topliss-reactive ketones (excluding diaryl/α,β-unsaturated/α-hetero) is 1. The van der Waals surface area contributed by atoms with E-state index in [1.165, 1.54) is 12.0 Å². The van der Waals surface area contributed by atoms with E-state index >= 15 is 0 Å². The van der Waals surface area contributed by atoms with Gasteiger partial charge in [-0.2, -0.15) is 0 Å². The summed E-state index contributed by atoms with van der Waals surface area (Å²) < 4.78 is 11.0. The first kappa shape index (κ1) is 19.9. The molecule has 1 N–H and O–H groups in total. The Morgan fingerprint density at radius 3 is 2.50 bits per heavy atom. The number of nitrogens with zero attached hydrogens (tertiary/aromatic N) is 2. The predicted octanol–water partition coefficient (Wildman–Crippen LogP) is 4.38. The number of carbonyl (C=O) groups is 2. The van der Waals surface area contributed by atoms with Crippen LogP contribution in [0.4, 0.5) is 5.82 Å². The fourth-order valence-electron chi connectivity index (χ4n) is 3.43. The number of aromatic nitrogens is 1. The van der Waals surface area contributed by atoms with E-state index in [-0.39, 0.29) is 17.2 Å². The summed E-state index contributed by atoms with van der Waals surface area (Å²) in [4.78, 5) is 27.2. The number of halogens is 1. The predicted molar refractivity (Wildman–Crippen MR) is 113 cm³/mol. The Morgan fingerprint density at radius 1 is 1.17 bits per heavy atom. The van der Waals surface area contributed by atoms with Gasteiger partial charge in [0.2, 0.25) is 0 Å². The molecule has 3 aromatic rings.